The summed E-state index contributed by atoms with van der Waals surface area (Å²) in [5, 5.41) is 3.08. The lowest BCUT2D eigenvalue weighted by atomic mass is 9.76. The molecule has 2 aliphatic rings. The van der Waals surface area contributed by atoms with Crippen LogP contribution in [0.1, 0.15) is 30.5 Å². The normalized spacial score (nSPS) is 19.9. The molecule has 2 aliphatic heterocycles. The number of anilines is 1. The summed E-state index contributed by atoms with van der Waals surface area (Å²) in [7, 11) is 1.58. The number of hydrogen-bond donors (Lipinski definition) is 0. The van der Waals surface area contributed by atoms with Gasteiger partial charge in [-0.1, -0.05) is 60.7 Å². The molecule has 0 bridgehead atoms. The van der Waals surface area contributed by atoms with Crippen molar-refractivity contribution in [2.45, 2.75) is 25.0 Å². The molecule has 0 amide bonds. The Morgan fingerprint density at radius 1 is 1.06 bits per heavy atom. The third-order valence-electron chi connectivity index (χ3n) is 6.70. The Kier molecular flexibility index (Phi) is 5.05. The number of rotatable bonds is 5. The summed E-state index contributed by atoms with van der Waals surface area (Å²) in [6.07, 6.45) is 8.40. The van der Waals surface area contributed by atoms with Gasteiger partial charge in [0.15, 0.2) is 11.5 Å². The fourth-order valence-electron chi connectivity index (χ4n) is 4.96. The number of benzene rings is 3. The van der Waals surface area contributed by atoms with Crippen LogP contribution < -0.4 is 14.4 Å². The molecular weight excluding hydrogens is 412 g/mol. The summed E-state index contributed by atoms with van der Waals surface area (Å²) in [6.45, 7) is 5.07. The van der Waals surface area contributed by atoms with Gasteiger partial charge in [0.2, 0.25) is 5.72 Å². The Balaban J connectivity index is 1.61. The van der Waals surface area contributed by atoms with Gasteiger partial charge >= 0.3 is 0 Å². The highest BCUT2D eigenvalue weighted by molar-refractivity contribution is 5.76. The second-order valence-electron chi connectivity index (χ2n) is 8.86. The van der Waals surface area contributed by atoms with E-state index in [1.807, 2.05) is 24.3 Å². The van der Waals surface area contributed by atoms with E-state index in [-0.39, 0.29) is 5.41 Å². The molecule has 0 N–H and O–H groups in total. The van der Waals surface area contributed by atoms with Gasteiger partial charge in [-0.25, -0.2) is 0 Å². The summed E-state index contributed by atoms with van der Waals surface area (Å²) in [4.78, 5) is 13.5. The fraction of sp³-hybridized carbons (Fsp3) is 0.214. The van der Waals surface area contributed by atoms with E-state index in [1.165, 1.54) is 5.56 Å². The maximum Gasteiger partial charge on any atom is 0.212 e. The van der Waals surface area contributed by atoms with Crippen LogP contribution in [-0.2, 0) is 5.41 Å². The van der Waals surface area contributed by atoms with Crippen molar-refractivity contribution in [3.05, 3.63) is 100 Å². The molecule has 2 heterocycles. The van der Waals surface area contributed by atoms with Crippen LogP contribution in [0.5, 0.6) is 11.5 Å². The second kappa shape index (κ2) is 7.93. The first-order valence-electron chi connectivity index (χ1n) is 11.0. The van der Waals surface area contributed by atoms with E-state index in [0.717, 1.165) is 16.8 Å². The first kappa shape index (κ1) is 21.0. The molecule has 0 saturated heterocycles. The number of para-hydroxylation sites is 1. The van der Waals surface area contributed by atoms with E-state index >= 15 is 0 Å². The number of hydrogen-bond acceptors (Lipinski definition) is 5. The van der Waals surface area contributed by atoms with Crippen LogP contribution in [0.25, 0.3) is 12.2 Å². The number of fused-ring (bicyclic) bond motifs is 2. The Morgan fingerprint density at radius 2 is 1.82 bits per heavy atom. The van der Waals surface area contributed by atoms with Gasteiger partial charge in [-0.3, -0.25) is 0 Å². The Morgan fingerprint density at radius 3 is 2.58 bits per heavy atom. The van der Waals surface area contributed by atoms with Crippen molar-refractivity contribution in [1.82, 2.24) is 0 Å². The van der Waals surface area contributed by atoms with E-state index in [0.29, 0.717) is 23.7 Å². The lowest BCUT2D eigenvalue weighted by molar-refractivity contribution is 0.0527. The monoisotopic (exact) mass is 438 g/mol. The minimum Gasteiger partial charge on any atom is -0.493 e. The summed E-state index contributed by atoms with van der Waals surface area (Å²) in [5.41, 5.74) is 3.47. The Bertz CT molecular complexity index is 1260. The predicted molar refractivity (Wildman–Crippen MR) is 133 cm³/mol. The van der Waals surface area contributed by atoms with Gasteiger partial charge in [0, 0.05) is 23.9 Å². The van der Waals surface area contributed by atoms with E-state index in [2.05, 4.69) is 78.6 Å². The highest BCUT2D eigenvalue weighted by Gasteiger charge is 2.58. The molecule has 0 radical (unpaired) electrons. The fourth-order valence-corrected chi connectivity index (χ4v) is 4.96. The number of nitroso groups, excluding NO2 is 1. The van der Waals surface area contributed by atoms with Crippen LogP contribution in [0, 0.1) is 4.91 Å². The molecule has 0 aliphatic carbocycles. The largest absolute Gasteiger partial charge is 0.493 e. The van der Waals surface area contributed by atoms with Crippen LogP contribution >= 0.6 is 0 Å². The van der Waals surface area contributed by atoms with Crippen molar-refractivity contribution in [2.75, 3.05) is 18.6 Å². The van der Waals surface area contributed by atoms with Crippen molar-refractivity contribution in [2.24, 2.45) is 5.18 Å². The minimum absolute atomic E-state index is 0.311. The highest BCUT2D eigenvalue weighted by atomic mass is 16.5. The third-order valence-corrected chi connectivity index (χ3v) is 6.70. The van der Waals surface area contributed by atoms with Crippen LogP contribution in [0.2, 0.25) is 0 Å². The highest BCUT2D eigenvalue weighted by Crippen LogP contribution is 2.56. The van der Waals surface area contributed by atoms with Crippen molar-refractivity contribution < 1.29 is 9.47 Å². The summed E-state index contributed by atoms with van der Waals surface area (Å²) >= 11 is 0. The molecule has 0 saturated carbocycles. The molecule has 33 heavy (non-hydrogen) atoms. The molecule has 3 aromatic carbocycles. The predicted octanol–water partition coefficient (Wildman–Crippen LogP) is 6.71. The third kappa shape index (κ3) is 3.23. The second-order valence-corrected chi connectivity index (χ2v) is 8.86. The Labute approximate surface area is 193 Å². The van der Waals surface area contributed by atoms with Crippen LogP contribution in [0.4, 0.5) is 11.4 Å². The van der Waals surface area contributed by atoms with Gasteiger partial charge in [-0.15, -0.1) is 4.91 Å². The zero-order valence-corrected chi connectivity index (χ0v) is 19.0. The van der Waals surface area contributed by atoms with Gasteiger partial charge in [0.1, 0.15) is 5.69 Å². The lowest BCUT2D eigenvalue weighted by Gasteiger charge is -2.47. The topological polar surface area (TPSA) is 51.1 Å². The summed E-state index contributed by atoms with van der Waals surface area (Å²) in [6, 6.07) is 22.1. The average Bonchev–Trinajstić information content (AvgIpc) is 3.02. The van der Waals surface area contributed by atoms with E-state index in [9.17, 15) is 4.91 Å². The van der Waals surface area contributed by atoms with Gasteiger partial charge < -0.3 is 14.4 Å². The molecule has 5 rings (SSSR count). The smallest absolute Gasteiger partial charge is 0.212 e. The summed E-state index contributed by atoms with van der Waals surface area (Å²) in [5.74, 6) is 1.11. The number of methoxy groups -OCH3 is 1. The van der Waals surface area contributed by atoms with Crippen molar-refractivity contribution in [3.63, 3.8) is 0 Å². The van der Waals surface area contributed by atoms with Crippen LogP contribution in [0.3, 0.4) is 0 Å². The zero-order valence-electron chi connectivity index (χ0n) is 19.0. The standard InChI is InChI=1S/C28H26N2O3/c1-27(2)23-13-7-8-14-24(23)30(17-9-12-20-10-5-4-6-11-20)28(27)16-15-21-18-22(29-31)19-25(32-3)26(21)33-28/h4-16,18-19H,17H2,1-3H3/b12-9+. The first-order chi connectivity index (χ1) is 16.0. The zero-order chi connectivity index (χ0) is 23.1. The molecule has 0 fully saturated rings. The van der Waals surface area contributed by atoms with Gasteiger partial charge in [0.25, 0.3) is 0 Å². The molecule has 0 aromatic heterocycles. The summed E-state index contributed by atoms with van der Waals surface area (Å²) < 4.78 is 12.4. The maximum absolute atomic E-state index is 11.2. The molecular formula is C28H26N2O3. The molecule has 1 atom stereocenters. The van der Waals surface area contributed by atoms with Crippen molar-refractivity contribution in [1.29, 1.82) is 0 Å². The molecule has 3 aromatic rings. The van der Waals surface area contributed by atoms with Gasteiger partial charge in [-0.2, -0.15) is 0 Å². The van der Waals surface area contributed by atoms with Gasteiger partial charge in [-0.05, 0) is 54.4 Å². The van der Waals surface area contributed by atoms with E-state index in [1.54, 1.807) is 19.2 Å². The minimum atomic E-state index is -0.770. The lowest BCUT2D eigenvalue weighted by Crippen LogP contribution is -2.59. The molecule has 1 unspecified atom stereocenters. The van der Waals surface area contributed by atoms with Gasteiger partial charge in [0.05, 0.1) is 12.5 Å². The van der Waals surface area contributed by atoms with E-state index < -0.39 is 5.72 Å². The quantitative estimate of drug-likeness (QED) is 0.416. The van der Waals surface area contributed by atoms with E-state index in [4.69, 9.17) is 9.47 Å². The number of ether oxygens (including phenoxy) is 2. The van der Waals surface area contributed by atoms with Crippen molar-refractivity contribution in [3.8, 4) is 11.5 Å². The molecule has 1 spiro atoms. The number of nitrogens with zero attached hydrogens (tertiary/aromatic N) is 2. The average molecular weight is 439 g/mol. The SMILES string of the molecule is COc1cc(N=O)cc2c1OC1(C=C2)N(C/C=C/c2ccccc2)c2ccccc2C1(C)C. The van der Waals surface area contributed by atoms with Crippen molar-refractivity contribution >= 4 is 23.5 Å². The van der Waals surface area contributed by atoms with Crippen LogP contribution in [-0.4, -0.2) is 19.4 Å². The molecule has 166 valence electrons. The van der Waals surface area contributed by atoms with Crippen LogP contribution in [0.15, 0.2) is 84.1 Å². The molecule has 5 heteroatoms. The Hall–Kier alpha value is -3.86. The maximum atomic E-state index is 11.2. The first-order valence-corrected chi connectivity index (χ1v) is 11.0. The molecule has 5 nitrogen and oxygen atoms in total.